The van der Waals surface area contributed by atoms with Crippen LogP contribution < -0.4 is 5.73 Å². The summed E-state index contributed by atoms with van der Waals surface area (Å²) in [5, 5.41) is 7.22. The van der Waals surface area contributed by atoms with Crippen LogP contribution >= 0.6 is 0 Å². The third-order valence-electron chi connectivity index (χ3n) is 3.58. The fourth-order valence-electron chi connectivity index (χ4n) is 2.79. The fourth-order valence-corrected chi connectivity index (χ4v) is 2.79. The van der Waals surface area contributed by atoms with Crippen LogP contribution in [0.5, 0.6) is 0 Å². The molecule has 0 saturated heterocycles. The van der Waals surface area contributed by atoms with Gasteiger partial charge in [0.2, 0.25) is 0 Å². The summed E-state index contributed by atoms with van der Waals surface area (Å²) in [6.45, 7) is 7.02. The Kier molecular flexibility index (Phi) is 6.56. The minimum Gasteiger partial charge on any atom is -0.388 e. The molecular weight excluding hydrogens is 210 g/mol. The average Bonchev–Trinajstić information content (AvgIpc) is 2.74. The van der Waals surface area contributed by atoms with Crippen molar-refractivity contribution in [2.24, 2.45) is 11.7 Å². The molecule has 0 aromatic rings. The number of hydrogen-bond donors (Lipinski definition) is 2. The predicted molar refractivity (Wildman–Crippen MR) is 74.4 cm³/mol. The van der Waals surface area contributed by atoms with Gasteiger partial charge < -0.3 is 10.6 Å². The summed E-state index contributed by atoms with van der Waals surface area (Å²) < 4.78 is 0. The van der Waals surface area contributed by atoms with Gasteiger partial charge in [-0.1, -0.05) is 26.7 Å². The van der Waals surface area contributed by atoms with Crippen LogP contribution in [-0.2, 0) is 0 Å². The highest BCUT2D eigenvalue weighted by Crippen LogP contribution is 2.24. The van der Waals surface area contributed by atoms with Crippen molar-refractivity contribution in [3.63, 3.8) is 0 Å². The van der Waals surface area contributed by atoms with Gasteiger partial charge in [-0.2, -0.15) is 0 Å². The van der Waals surface area contributed by atoms with E-state index in [1.807, 2.05) is 0 Å². The number of rotatable bonds is 8. The van der Waals surface area contributed by atoms with E-state index >= 15 is 0 Å². The zero-order valence-corrected chi connectivity index (χ0v) is 11.5. The standard InChI is InChI=1S/C14H29N3/c1-12(2)11-17(13-7-3-4-8-13)10-6-5-9-14(15)16/h12-13H,3-11H2,1-2H3,(H3,15,16). The zero-order valence-electron chi connectivity index (χ0n) is 11.5. The molecule has 1 saturated carbocycles. The molecule has 0 radical (unpaired) electrons. The minimum atomic E-state index is 0.335. The SMILES string of the molecule is CC(C)CN(CCCCC(=N)N)C1CCCC1. The molecule has 0 spiro atoms. The second-order valence-corrected chi connectivity index (χ2v) is 5.81. The summed E-state index contributed by atoms with van der Waals surface area (Å²) >= 11 is 0. The topological polar surface area (TPSA) is 53.1 Å². The van der Waals surface area contributed by atoms with Gasteiger partial charge in [0.25, 0.3) is 0 Å². The molecule has 0 atom stereocenters. The molecule has 0 unspecified atom stereocenters. The van der Waals surface area contributed by atoms with E-state index < -0.39 is 0 Å². The second-order valence-electron chi connectivity index (χ2n) is 5.81. The van der Waals surface area contributed by atoms with E-state index in [1.165, 1.54) is 45.2 Å². The lowest BCUT2D eigenvalue weighted by molar-refractivity contribution is 0.174. The van der Waals surface area contributed by atoms with Gasteiger partial charge in [0.15, 0.2) is 0 Å². The Morgan fingerprint density at radius 2 is 1.94 bits per heavy atom. The monoisotopic (exact) mass is 239 g/mol. The molecule has 0 heterocycles. The molecule has 0 aliphatic heterocycles. The van der Waals surface area contributed by atoms with E-state index in [-0.39, 0.29) is 0 Å². The van der Waals surface area contributed by atoms with Gasteiger partial charge in [0.1, 0.15) is 0 Å². The molecule has 3 N–H and O–H groups in total. The smallest absolute Gasteiger partial charge is 0.0905 e. The fraction of sp³-hybridized carbons (Fsp3) is 0.929. The van der Waals surface area contributed by atoms with Gasteiger partial charge in [-0.3, -0.25) is 5.41 Å². The maximum Gasteiger partial charge on any atom is 0.0905 e. The molecule has 1 rings (SSSR count). The molecule has 1 fully saturated rings. The first kappa shape index (κ1) is 14.5. The summed E-state index contributed by atoms with van der Waals surface area (Å²) in [6, 6.07) is 0.828. The average molecular weight is 239 g/mol. The molecule has 0 bridgehead atoms. The van der Waals surface area contributed by atoms with E-state index in [9.17, 15) is 0 Å². The number of amidine groups is 1. The van der Waals surface area contributed by atoms with Crippen molar-refractivity contribution in [2.75, 3.05) is 13.1 Å². The molecule has 0 aromatic carbocycles. The van der Waals surface area contributed by atoms with Crippen LogP contribution in [0.3, 0.4) is 0 Å². The first-order chi connectivity index (χ1) is 8.09. The van der Waals surface area contributed by atoms with Crippen molar-refractivity contribution in [3.05, 3.63) is 0 Å². The van der Waals surface area contributed by atoms with Crippen molar-refractivity contribution in [3.8, 4) is 0 Å². The van der Waals surface area contributed by atoms with Gasteiger partial charge in [-0.05, 0) is 38.1 Å². The van der Waals surface area contributed by atoms with Crippen molar-refractivity contribution in [1.29, 1.82) is 5.41 Å². The molecule has 100 valence electrons. The Labute approximate surface area is 106 Å². The van der Waals surface area contributed by atoms with Crippen LogP contribution in [0.1, 0.15) is 58.8 Å². The van der Waals surface area contributed by atoms with Crippen molar-refractivity contribution < 1.29 is 0 Å². The Bertz CT molecular complexity index is 220. The first-order valence-corrected chi connectivity index (χ1v) is 7.16. The zero-order chi connectivity index (χ0) is 12.7. The summed E-state index contributed by atoms with van der Waals surface area (Å²) in [5.74, 6) is 1.09. The normalized spacial score (nSPS) is 17.2. The second kappa shape index (κ2) is 7.70. The molecule has 0 aromatic heterocycles. The van der Waals surface area contributed by atoms with Crippen LogP contribution in [0.4, 0.5) is 0 Å². The van der Waals surface area contributed by atoms with Gasteiger partial charge >= 0.3 is 0 Å². The molecule has 1 aliphatic rings. The molecule has 17 heavy (non-hydrogen) atoms. The first-order valence-electron chi connectivity index (χ1n) is 7.16. The Hall–Kier alpha value is -0.570. The summed E-state index contributed by atoms with van der Waals surface area (Å²) in [4.78, 5) is 2.68. The van der Waals surface area contributed by atoms with Crippen LogP contribution in [0.25, 0.3) is 0 Å². The van der Waals surface area contributed by atoms with Crippen LogP contribution in [0.15, 0.2) is 0 Å². The quantitative estimate of drug-likeness (QED) is 0.389. The molecule has 3 heteroatoms. The van der Waals surface area contributed by atoms with Gasteiger partial charge in [-0.25, -0.2) is 0 Å². The number of unbranched alkanes of at least 4 members (excludes halogenated alkanes) is 1. The van der Waals surface area contributed by atoms with Crippen molar-refractivity contribution >= 4 is 5.84 Å². The Balaban J connectivity index is 2.27. The van der Waals surface area contributed by atoms with Crippen LogP contribution in [-0.4, -0.2) is 29.9 Å². The highest BCUT2D eigenvalue weighted by molar-refractivity contribution is 5.76. The highest BCUT2D eigenvalue weighted by Gasteiger charge is 2.22. The van der Waals surface area contributed by atoms with E-state index in [0.29, 0.717) is 5.84 Å². The third-order valence-corrected chi connectivity index (χ3v) is 3.58. The molecule has 3 nitrogen and oxygen atoms in total. The third kappa shape index (κ3) is 6.06. The highest BCUT2D eigenvalue weighted by atomic mass is 15.2. The van der Waals surface area contributed by atoms with Crippen molar-refractivity contribution in [1.82, 2.24) is 4.90 Å². The van der Waals surface area contributed by atoms with Gasteiger partial charge in [0, 0.05) is 19.0 Å². The maximum absolute atomic E-state index is 7.22. The maximum atomic E-state index is 7.22. The Morgan fingerprint density at radius 1 is 1.29 bits per heavy atom. The number of hydrogen-bond acceptors (Lipinski definition) is 2. The molecule has 1 aliphatic carbocycles. The van der Waals surface area contributed by atoms with Gasteiger partial charge in [0.05, 0.1) is 5.84 Å². The number of nitrogens with two attached hydrogens (primary N) is 1. The van der Waals surface area contributed by atoms with Crippen LogP contribution in [0.2, 0.25) is 0 Å². The molecular formula is C14H29N3. The number of nitrogens with zero attached hydrogens (tertiary/aromatic N) is 1. The molecule has 0 amide bonds. The summed E-state index contributed by atoms with van der Waals surface area (Å²) in [7, 11) is 0. The number of nitrogens with one attached hydrogen (secondary N) is 1. The van der Waals surface area contributed by atoms with E-state index in [1.54, 1.807) is 0 Å². The lowest BCUT2D eigenvalue weighted by Crippen LogP contribution is -2.37. The van der Waals surface area contributed by atoms with E-state index in [4.69, 9.17) is 11.1 Å². The largest absolute Gasteiger partial charge is 0.388 e. The summed E-state index contributed by atoms with van der Waals surface area (Å²) in [6.07, 6.45) is 8.61. The predicted octanol–water partition coefficient (Wildman–Crippen LogP) is 2.99. The van der Waals surface area contributed by atoms with Crippen molar-refractivity contribution in [2.45, 2.75) is 64.8 Å². The van der Waals surface area contributed by atoms with Gasteiger partial charge in [-0.15, -0.1) is 0 Å². The van der Waals surface area contributed by atoms with Crippen LogP contribution in [0, 0.1) is 11.3 Å². The lowest BCUT2D eigenvalue weighted by atomic mass is 10.1. The lowest BCUT2D eigenvalue weighted by Gasteiger charge is -2.30. The Morgan fingerprint density at radius 3 is 2.47 bits per heavy atom. The van der Waals surface area contributed by atoms with E-state index in [0.717, 1.165) is 24.8 Å². The minimum absolute atomic E-state index is 0.335. The summed E-state index contributed by atoms with van der Waals surface area (Å²) in [5.41, 5.74) is 5.38. The van der Waals surface area contributed by atoms with E-state index in [2.05, 4.69) is 18.7 Å².